The number of aromatic nitrogens is 3. The van der Waals surface area contributed by atoms with Crippen LogP contribution < -0.4 is 11.2 Å². The third-order valence-electron chi connectivity index (χ3n) is 1.25. The fourth-order valence-corrected chi connectivity index (χ4v) is 0.663. The van der Waals surface area contributed by atoms with Crippen molar-refractivity contribution >= 4 is 0 Å². The second-order valence-electron chi connectivity index (χ2n) is 2.23. The zero-order valence-electron chi connectivity index (χ0n) is 6.34. The Hall–Kier alpha value is -1.60. The van der Waals surface area contributed by atoms with Crippen LogP contribution in [-0.2, 0) is 13.2 Å². The second kappa shape index (κ2) is 2.71. The molecule has 1 heterocycles. The molecular weight excluding hydrogens is 191 g/mol. The first-order valence-electron chi connectivity index (χ1n) is 3.07. The first kappa shape index (κ1) is 9.49. The van der Waals surface area contributed by atoms with Crippen molar-refractivity contribution in [1.82, 2.24) is 14.8 Å². The van der Waals surface area contributed by atoms with Gasteiger partial charge in [-0.15, -0.1) is 0 Å². The minimum absolute atomic E-state index is 0.407. The van der Waals surface area contributed by atoms with Gasteiger partial charge in [0.15, 0.2) is 0 Å². The third kappa shape index (κ3) is 1.76. The number of aryl methyl sites for hydroxylation is 1. The number of hydrogen-bond acceptors (Lipinski definition) is 3. The summed E-state index contributed by atoms with van der Waals surface area (Å²) in [7, 11) is 1.01. The predicted octanol–water partition coefficient (Wildman–Crippen LogP) is -0.513. The maximum Gasteiger partial charge on any atom is 0.440 e. The molecule has 1 N–H and O–H groups in total. The zero-order valence-corrected chi connectivity index (χ0v) is 6.34. The molecule has 0 aliphatic heterocycles. The number of halogens is 3. The van der Waals surface area contributed by atoms with Crippen molar-refractivity contribution < 1.29 is 13.2 Å². The number of nitrogens with zero attached hydrogens (tertiary/aromatic N) is 2. The summed E-state index contributed by atoms with van der Waals surface area (Å²) >= 11 is 0. The molecule has 0 bridgehead atoms. The lowest BCUT2D eigenvalue weighted by atomic mass is 10.4. The minimum Gasteiger partial charge on any atom is -0.271 e. The summed E-state index contributed by atoms with van der Waals surface area (Å²) in [5.41, 5.74) is -4.15. The Kier molecular flexibility index (Phi) is 1.98. The van der Waals surface area contributed by atoms with E-state index < -0.39 is 23.1 Å². The average Bonchev–Trinajstić information content (AvgIpc) is 1.94. The maximum absolute atomic E-state index is 12.0. The Morgan fingerprint density at radius 1 is 1.38 bits per heavy atom. The van der Waals surface area contributed by atoms with Gasteiger partial charge in [-0.25, -0.2) is 9.48 Å². The van der Waals surface area contributed by atoms with Crippen LogP contribution in [0.1, 0.15) is 5.69 Å². The van der Waals surface area contributed by atoms with Crippen LogP contribution >= 0.6 is 0 Å². The van der Waals surface area contributed by atoms with Crippen molar-refractivity contribution in [1.29, 1.82) is 0 Å². The molecule has 1 aromatic heterocycles. The molecule has 0 aliphatic rings. The van der Waals surface area contributed by atoms with Gasteiger partial charge < -0.3 is 0 Å². The molecule has 0 amide bonds. The summed E-state index contributed by atoms with van der Waals surface area (Å²) in [6.45, 7) is 0. The number of alkyl halides is 3. The Bertz CT molecular complexity index is 430. The summed E-state index contributed by atoms with van der Waals surface area (Å²) < 4.78 is 36.3. The fourth-order valence-electron chi connectivity index (χ4n) is 0.663. The van der Waals surface area contributed by atoms with Crippen LogP contribution in [0.4, 0.5) is 13.2 Å². The SMILES string of the molecule is Cn1nc(C(F)(F)F)c(=O)[nH]c1=O. The molecule has 0 radical (unpaired) electrons. The van der Waals surface area contributed by atoms with E-state index in [1.54, 1.807) is 0 Å². The van der Waals surface area contributed by atoms with Crippen LogP contribution in [0.25, 0.3) is 0 Å². The van der Waals surface area contributed by atoms with Crippen molar-refractivity contribution in [3.63, 3.8) is 0 Å². The van der Waals surface area contributed by atoms with Gasteiger partial charge in [-0.05, 0) is 0 Å². The van der Waals surface area contributed by atoms with E-state index in [-0.39, 0.29) is 0 Å². The monoisotopic (exact) mass is 195 g/mol. The molecule has 1 rings (SSSR count). The Morgan fingerprint density at radius 2 is 1.92 bits per heavy atom. The summed E-state index contributed by atoms with van der Waals surface area (Å²) in [4.78, 5) is 22.7. The van der Waals surface area contributed by atoms with Crippen LogP contribution in [0.15, 0.2) is 9.59 Å². The largest absolute Gasteiger partial charge is 0.440 e. The lowest BCUT2D eigenvalue weighted by molar-refractivity contribution is -0.143. The molecule has 5 nitrogen and oxygen atoms in total. The van der Waals surface area contributed by atoms with Crippen LogP contribution in [0.5, 0.6) is 0 Å². The molecule has 0 unspecified atom stereocenters. The van der Waals surface area contributed by atoms with Crippen LogP contribution in [0.2, 0.25) is 0 Å². The van der Waals surface area contributed by atoms with E-state index >= 15 is 0 Å². The average molecular weight is 195 g/mol. The summed E-state index contributed by atoms with van der Waals surface area (Å²) in [5.74, 6) is 0. The summed E-state index contributed by atoms with van der Waals surface area (Å²) in [5, 5.41) is 2.78. The van der Waals surface area contributed by atoms with Gasteiger partial charge in [0.2, 0.25) is 5.69 Å². The van der Waals surface area contributed by atoms with E-state index in [1.807, 2.05) is 0 Å². The number of aromatic amines is 1. The summed E-state index contributed by atoms with van der Waals surface area (Å²) in [6, 6.07) is 0. The van der Waals surface area contributed by atoms with Gasteiger partial charge in [0.05, 0.1) is 0 Å². The van der Waals surface area contributed by atoms with Gasteiger partial charge >= 0.3 is 11.9 Å². The third-order valence-corrected chi connectivity index (χ3v) is 1.25. The molecule has 0 atom stereocenters. The number of rotatable bonds is 0. The molecule has 8 heteroatoms. The van der Waals surface area contributed by atoms with E-state index in [2.05, 4.69) is 5.10 Å². The highest BCUT2D eigenvalue weighted by atomic mass is 19.4. The van der Waals surface area contributed by atoms with Crippen LogP contribution in [0.3, 0.4) is 0 Å². The Labute approximate surface area is 68.8 Å². The number of hydrogen-bond donors (Lipinski definition) is 1. The smallest absolute Gasteiger partial charge is 0.271 e. The Balaban J connectivity index is 3.51. The lowest BCUT2D eigenvalue weighted by Crippen LogP contribution is -2.36. The highest BCUT2D eigenvalue weighted by molar-refractivity contribution is 4.97. The van der Waals surface area contributed by atoms with Crippen molar-refractivity contribution in [3.8, 4) is 0 Å². The number of H-pyrrole nitrogens is 1. The predicted molar refractivity (Wildman–Crippen MR) is 35.1 cm³/mol. The maximum atomic E-state index is 12.0. The first-order valence-corrected chi connectivity index (χ1v) is 3.07. The van der Waals surface area contributed by atoms with E-state index in [0.717, 1.165) is 7.05 Å². The van der Waals surface area contributed by atoms with Crippen molar-refractivity contribution in [2.24, 2.45) is 7.05 Å². The standard InChI is InChI=1S/C5H4F3N3O2/c1-11-4(13)9-3(12)2(10-11)5(6,7)8/h1H3,(H,9,12,13). The zero-order chi connectivity index (χ0) is 10.2. The normalized spacial score (nSPS) is 11.7. The molecule has 0 fully saturated rings. The van der Waals surface area contributed by atoms with E-state index in [4.69, 9.17) is 0 Å². The molecule has 0 spiro atoms. The lowest BCUT2D eigenvalue weighted by Gasteiger charge is -2.04. The quantitative estimate of drug-likeness (QED) is 0.606. The van der Waals surface area contributed by atoms with Crippen LogP contribution in [-0.4, -0.2) is 14.8 Å². The van der Waals surface area contributed by atoms with Gasteiger partial charge in [-0.2, -0.15) is 18.3 Å². The van der Waals surface area contributed by atoms with E-state index in [0.29, 0.717) is 4.68 Å². The molecule has 1 aromatic rings. The molecule has 0 aromatic carbocycles. The highest BCUT2D eigenvalue weighted by Gasteiger charge is 2.36. The van der Waals surface area contributed by atoms with Crippen LogP contribution in [0, 0.1) is 0 Å². The van der Waals surface area contributed by atoms with Gasteiger partial charge in [-0.1, -0.05) is 0 Å². The van der Waals surface area contributed by atoms with Gasteiger partial charge in [0, 0.05) is 7.05 Å². The Morgan fingerprint density at radius 3 is 2.38 bits per heavy atom. The molecule has 0 aliphatic carbocycles. The summed E-state index contributed by atoms with van der Waals surface area (Å²) in [6.07, 6.45) is -4.85. The van der Waals surface area contributed by atoms with Crippen molar-refractivity contribution in [2.75, 3.05) is 0 Å². The molecule has 13 heavy (non-hydrogen) atoms. The second-order valence-corrected chi connectivity index (χ2v) is 2.23. The number of nitrogens with one attached hydrogen (secondary N) is 1. The molecule has 0 saturated carbocycles. The van der Waals surface area contributed by atoms with E-state index in [1.165, 1.54) is 4.98 Å². The van der Waals surface area contributed by atoms with Gasteiger partial charge in [-0.3, -0.25) is 9.78 Å². The minimum atomic E-state index is -4.85. The van der Waals surface area contributed by atoms with Gasteiger partial charge in [0.1, 0.15) is 0 Å². The van der Waals surface area contributed by atoms with Gasteiger partial charge in [0.25, 0.3) is 5.56 Å². The molecular formula is C5H4F3N3O2. The van der Waals surface area contributed by atoms with Crippen molar-refractivity contribution in [3.05, 3.63) is 26.5 Å². The topological polar surface area (TPSA) is 67.8 Å². The first-order chi connectivity index (χ1) is 5.82. The fraction of sp³-hybridized carbons (Fsp3) is 0.400. The molecule has 0 saturated heterocycles. The van der Waals surface area contributed by atoms with Crippen molar-refractivity contribution in [2.45, 2.75) is 6.18 Å². The molecule has 72 valence electrons. The highest BCUT2D eigenvalue weighted by Crippen LogP contribution is 2.23. The van der Waals surface area contributed by atoms with E-state index in [9.17, 15) is 22.8 Å².